The SMILES string of the molecule is CC1C[Si]2(CCCCC2)CC1C. The van der Waals surface area contributed by atoms with Crippen LogP contribution in [0.2, 0.25) is 24.2 Å². The molecule has 0 amide bonds. The maximum Gasteiger partial charge on any atom is 0.0541 e. The summed E-state index contributed by atoms with van der Waals surface area (Å²) in [7, 11) is -0.646. The van der Waals surface area contributed by atoms with Crippen molar-refractivity contribution in [1.82, 2.24) is 0 Å². The van der Waals surface area contributed by atoms with Gasteiger partial charge >= 0.3 is 0 Å². The standard InChI is InChI=1S/C11H22Si/c1-10-8-12(9-11(10)2)6-4-3-5-7-12/h10-11H,3-9H2,1-2H3. The van der Waals surface area contributed by atoms with Crippen LogP contribution in [0.1, 0.15) is 33.1 Å². The van der Waals surface area contributed by atoms with Crippen molar-refractivity contribution in [2.24, 2.45) is 11.8 Å². The lowest BCUT2D eigenvalue weighted by Gasteiger charge is -2.31. The van der Waals surface area contributed by atoms with Crippen molar-refractivity contribution >= 4 is 8.07 Å². The van der Waals surface area contributed by atoms with Gasteiger partial charge in [0, 0.05) is 0 Å². The van der Waals surface area contributed by atoms with Crippen LogP contribution in [-0.2, 0) is 0 Å². The van der Waals surface area contributed by atoms with Crippen molar-refractivity contribution in [2.75, 3.05) is 0 Å². The van der Waals surface area contributed by atoms with E-state index in [1.54, 1.807) is 37.0 Å². The first-order chi connectivity index (χ1) is 5.72. The first-order valence-corrected chi connectivity index (χ1v) is 8.55. The zero-order valence-corrected chi connectivity index (χ0v) is 9.60. The van der Waals surface area contributed by atoms with Gasteiger partial charge in [-0.25, -0.2) is 0 Å². The molecule has 12 heavy (non-hydrogen) atoms. The molecule has 0 N–H and O–H groups in total. The van der Waals surface area contributed by atoms with Gasteiger partial charge in [0.2, 0.25) is 0 Å². The molecular weight excluding hydrogens is 160 g/mol. The zero-order valence-electron chi connectivity index (χ0n) is 8.60. The molecule has 70 valence electrons. The van der Waals surface area contributed by atoms with Crippen molar-refractivity contribution in [3.8, 4) is 0 Å². The van der Waals surface area contributed by atoms with Crippen molar-refractivity contribution in [3.05, 3.63) is 0 Å². The fourth-order valence-corrected chi connectivity index (χ4v) is 10.3. The predicted molar refractivity (Wildman–Crippen MR) is 57.2 cm³/mol. The Balaban J connectivity index is 2.02. The highest BCUT2D eigenvalue weighted by Gasteiger charge is 2.43. The highest BCUT2D eigenvalue weighted by atomic mass is 28.3. The van der Waals surface area contributed by atoms with Gasteiger partial charge in [-0.1, -0.05) is 57.3 Å². The molecule has 2 heterocycles. The molecule has 0 radical (unpaired) electrons. The van der Waals surface area contributed by atoms with Crippen LogP contribution < -0.4 is 0 Å². The molecule has 2 rings (SSSR count). The van der Waals surface area contributed by atoms with Crippen molar-refractivity contribution in [3.63, 3.8) is 0 Å². The number of hydrogen-bond acceptors (Lipinski definition) is 0. The van der Waals surface area contributed by atoms with Crippen molar-refractivity contribution < 1.29 is 0 Å². The van der Waals surface area contributed by atoms with E-state index in [-0.39, 0.29) is 0 Å². The quantitative estimate of drug-likeness (QED) is 0.498. The highest BCUT2D eigenvalue weighted by Crippen LogP contribution is 2.47. The molecular formula is C11H22Si. The van der Waals surface area contributed by atoms with Crippen LogP contribution >= 0.6 is 0 Å². The van der Waals surface area contributed by atoms with Crippen molar-refractivity contribution in [1.29, 1.82) is 0 Å². The van der Waals surface area contributed by atoms with Gasteiger partial charge in [0.05, 0.1) is 8.07 Å². The Morgan fingerprint density at radius 2 is 1.33 bits per heavy atom. The average Bonchev–Trinajstić information content (AvgIpc) is 2.29. The van der Waals surface area contributed by atoms with Crippen LogP contribution in [0, 0.1) is 11.8 Å². The molecule has 2 saturated heterocycles. The van der Waals surface area contributed by atoms with E-state index in [9.17, 15) is 0 Å². The molecule has 2 aliphatic heterocycles. The lowest BCUT2D eigenvalue weighted by atomic mass is 10.0. The lowest BCUT2D eigenvalue weighted by Crippen LogP contribution is -2.32. The summed E-state index contributed by atoms with van der Waals surface area (Å²) in [5.74, 6) is 2.13. The van der Waals surface area contributed by atoms with Gasteiger partial charge in [-0.15, -0.1) is 0 Å². The molecule has 2 fully saturated rings. The van der Waals surface area contributed by atoms with Crippen LogP contribution in [0.15, 0.2) is 0 Å². The van der Waals surface area contributed by atoms with E-state index < -0.39 is 8.07 Å². The summed E-state index contributed by atoms with van der Waals surface area (Å²) >= 11 is 0. The Labute approximate surface area is 77.8 Å². The first kappa shape index (κ1) is 8.80. The molecule has 2 aliphatic rings. The first-order valence-electron chi connectivity index (χ1n) is 5.72. The van der Waals surface area contributed by atoms with E-state index in [0.717, 1.165) is 11.8 Å². The topological polar surface area (TPSA) is 0 Å². The smallest absolute Gasteiger partial charge is 0.0541 e. The lowest BCUT2D eigenvalue weighted by molar-refractivity contribution is 0.486. The number of hydrogen-bond donors (Lipinski definition) is 0. The van der Waals surface area contributed by atoms with Gasteiger partial charge in [0.15, 0.2) is 0 Å². The summed E-state index contributed by atoms with van der Waals surface area (Å²) in [6.45, 7) is 4.97. The second-order valence-electron chi connectivity index (χ2n) is 5.42. The Morgan fingerprint density at radius 3 is 1.83 bits per heavy atom. The maximum absolute atomic E-state index is 2.49. The molecule has 0 bridgehead atoms. The summed E-state index contributed by atoms with van der Waals surface area (Å²) in [4.78, 5) is 0. The summed E-state index contributed by atoms with van der Waals surface area (Å²) in [5.41, 5.74) is 0. The van der Waals surface area contributed by atoms with E-state index in [0.29, 0.717) is 0 Å². The van der Waals surface area contributed by atoms with Crippen molar-refractivity contribution in [2.45, 2.75) is 57.3 Å². The Hall–Kier alpha value is 0.217. The second kappa shape index (κ2) is 3.17. The summed E-state index contributed by atoms with van der Waals surface area (Å²) in [6.07, 6.45) is 4.69. The maximum atomic E-state index is 2.49. The van der Waals surface area contributed by atoms with Gasteiger partial charge in [-0.05, 0) is 11.8 Å². The van der Waals surface area contributed by atoms with Crippen LogP contribution in [0.25, 0.3) is 0 Å². The van der Waals surface area contributed by atoms with Crippen LogP contribution in [-0.4, -0.2) is 8.07 Å². The summed E-state index contributed by atoms with van der Waals surface area (Å²) in [5, 5.41) is 0. The second-order valence-corrected chi connectivity index (χ2v) is 10.2. The summed E-state index contributed by atoms with van der Waals surface area (Å²) < 4.78 is 0. The Kier molecular flexibility index (Phi) is 2.32. The van der Waals surface area contributed by atoms with Gasteiger partial charge in [-0.3, -0.25) is 0 Å². The molecule has 0 nitrogen and oxygen atoms in total. The fraction of sp³-hybridized carbons (Fsp3) is 1.00. The predicted octanol–water partition coefficient (Wildman–Crippen LogP) is 3.90. The van der Waals surface area contributed by atoms with Crippen LogP contribution in [0.4, 0.5) is 0 Å². The molecule has 2 unspecified atom stereocenters. The Bertz CT molecular complexity index is 146. The third kappa shape index (κ3) is 1.48. The monoisotopic (exact) mass is 182 g/mol. The van der Waals surface area contributed by atoms with Crippen LogP contribution in [0.5, 0.6) is 0 Å². The van der Waals surface area contributed by atoms with Gasteiger partial charge < -0.3 is 0 Å². The molecule has 0 aromatic rings. The van der Waals surface area contributed by atoms with E-state index >= 15 is 0 Å². The third-order valence-corrected chi connectivity index (χ3v) is 10.2. The number of rotatable bonds is 0. The van der Waals surface area contributed by atoms with Crippen LogP contribution in [0.3, 0.4) is 0 Å². The van der Waals surface area contributed by atoms with E-state index in [1.807, 2.05) is 0 Å². The largest absolute Gasteiger partial charge is 0.0625 e. The third-order valence-electron chi connectivity index (χ3n) is 4.40. The molecule has 0 saturated carbocycles. The van der Waals surface area contributed by atoms with E-state index in [2.05, 4.69) is 13.8 Å². The van der Waals surface area contributed by atoms with E-state index in [1.165, 1.54) is 6.42 Å². The normalized spacial score (nSPS) is 40.5. The highest BCUT2D eigenvalue weighted by molar-refractivity contribution is 6.80. The minimum atomic E-state index is -0.646. The van der Waals surface area contributed by atoms with E-state index in [4.69, 9.17) is 0 Å². The molecule has 2 atom stereocenters. The minimum absolute atomic E-state index is 0.646. The summed E-state index contributed by atoms with van der Waals surface area (Å²) in [6, 6.07) is 6.71. The molecule has 0 aromatic carbocycles. The molecule has 1 spiro atoms. The molecule has 0 aromatic heterocycles. The average molecular weight is 182 g/mol. The van der Waals surface area contributed by atoms with Gasteiger partial charge in [0.1, 0.15) is 0 Å². The van der Waals surface area contributed by atoms with Gasteiger partial charge in [-0.2, -0.15) is 0 Å². The molecule has 1 heteroatoms. The zero-order chi connectivity index (χ0) is 8.60. The Morgan fingerprint density at radius 1 is 0.833 bits per heavy atom. The minimum Gasteiger partial charge on any atom is -0.0625 e. The fourth-order valence-electron chi connectivity index (χ4n) is 3.56. The molecule has 0 aliphatic carbocycles. The van der Waals surface area contributed by atoms with Gasteiger partial charge in [0.25, 0.3) is 0 Å².